The Kier molecular flexibility index (Phi) is 5.03. The molecular weight excluding hydrogens is 456 g/mol. The largest absolute Gasteiger partial charge is 0.436 e. The maximum Gasteiger partial charge on any atom is 0.228 e. The van der Waals surface area contributed by atoms with Crippen LogP contribution in [0.25, 0.3) is 67.5 Å². The van der Waals surface area contributed by atoms with E-state index in [9.17, 15) is 0 Å². The molecule has 0 aliphatic carbocycles. The molecule has 0 N–H and O–H groups in total. The summed E-state index contributed by atoms with van der Waals surface area (Å²) in [6.07, 6.45) is 0. The van der Waals surface area contributed by atoms with Gasteiger partial charge in [0.1, 0.15) is 5.52 Å². The Bertz CT molecular complexity index is 1790. The molecule has 0 atom stereocenters. The van der Waals surface area contributed by atoms with Gasteiger partial charge in [0, 0.05) is 16.7 Å². The predicted octanol–water partition coefficient (Wildman–Crippen LogP) is 7.83. The zero-order valence-corrected chi connectivity index (χ0v) is 19.7. The van der Waals surface area contributed by atoms with Crippen molar-refractivity contribution in [2.45, 2.75) is 0 Å². The summed E-state index contributed by atoms with van der Waals surface area (Å²) in [4.78, 5) is 19.6. The first-order valence-electron chi connectivity index (χ1n) is 12.1. The molecule has 5 aromatic carbocycles. The molecule has 0 spiro atoms. The summed E-state index contributed by atoms with van der Waals surface area (Å²) < 4.78 is 6.27. The molecule has 0 aliphatic heterocycles. The lowest BCUT2D eigenvalue weighted by Crippen LogP contribution is -2.01. The van der Waals surface area contributed by atoms with Crippen molar-refractivity contribution < 1.29 is 4.42 Å². The Balaban J connectivity index is 1.53. The predicted molar refractivity (Wildman–Crippen MR) is 147 cm³/mol. The summed E-state index contributed by atoms with van der Waals surface area (Å²) in [6, 6.07) is 40.1. The Morgan fingerprint density at radius 3 is 1.76 bits per heavy atom. The zero-order chi connectivity index (χ0) is 24.6. The van der Waals surface area contributed by atoms with E-state index in [1.54, 1.807) is 0 Å². The molecule has 5 heteroatoms. The number of aromatic nitrogens is 4. The van der Waals surface area contributed by atoms with Gasteiger partial charge in [0.15, 0.2) is 23.1 Å². The summed E-state index contributed by atoms with van der Waals surface area (Å²) in [6.45, 7) is 0. The van der Waals surface area contributed by atoms with Crippen LogP contribution in [0, 0.1) is 0 Å². The van der Waals surface area contributed by atoms with Crippen molar-refractivity contribution in [3.8, 4) is 45.6 Å². The molecule has 7 rings (SSSR count). The van der Waals surface area contributed by atoms with Gasteiger partial charge in [-0.25, -0.2) is 19.9 Å². The van der Waals surface area contributed by atoms with E-state index in [1.807, 2.05) is 103 Å². The van der Waals surface area contributed by atoms with E-state index in [4.69, 9.17) is 24.4 Å². The summed E-state index contributed by atoms with van der Waals surface area (Å²) in [7, 11) is 0. The van der Waals surface area contributed by atoms with Crippen LogP contribution in [0.5, 0.6) is 0 Å². The summed E-state index contributed by atoms with van der Waals surface area (Å²) in [5.41, 5.74) is 5.09. The first kappa shape index (κ1) is 21.1. The maximum absolute atomic E-state index is 6.27. The van der Waals surface area contributed by atoms with Gasteiger partial charge in [-0.05, 0) is 29.0 Å². The van der Waals surface area contributed by atoms with Gasteiger partial charge in [-0.15, -0.1) is 0 Å². The lowest BCUT2D eigenvalue weighted by atomic mass is 9.98. The minimum absolute atomic E-state index is 0.538. The van der Waals surface area contributed by atoms with Crippen molar-refractivity contribution in [3.63, 3.8) is 0 Å². The average molecular weight is 477 g/mol. The van der Waals surface area contributed by atoms with Gasteiger partial charge in [0.05, 0.1) is 5.56 Å². The molecule has 174 valence electrons. The second kappa shape index (κ2) is 8.81. The number of hydrogen-bond acceptors (Lipinski definition) is 5. The van der Waals surface area contributed by atoms with Crippen molar-refractivity contribution in [2.24, 2.45) is 0 Å². The second-order valence-electron chi connectivity index (χ2n) is 8.73. The minimum atomic E-state index is 0.538. The van der Waals surface area contributed by atoms with Gasteiger partial charge in [0.25, 0.3) is 0 Å². The van der Waals surface area contributed by atoms with Crippen LogP contribution < -0.4 is 0 Å². The third-order valence-corrected chi connectivity index (χ3v) is 6.38. The fourth-order valence-corrected chi connectivity index (χ4v) is 4.60. The van der Waals surface area contributed by atoms with Gasteiger partial charge >= 0.3 is 0 Å². The maximum atomic E-state index is 6.27. The summed E-state index contributed by atoms with van der Waals surface area (Å²) >= 11 is 0. The van der Waals surface area contributed by atoms with Crippen molar-refractivity contribution in [3.05, 3.63) is 121 Å². The Hall–Kier alpha value is -5.16. The molecule has 2 aromatic heterocycles. The molecule has 7 aromatic rings. The number of benzene rings is 5. The van der Waals surface area contributed by atoms with Crippen LogP contribution in [0.3, 0.4) is 0 Å². The molecule has 0 saturated carbocycles. The third-order valence-electron chi connectivity index (χ3n) is 6.38. The van der Waals surface area contributed by atoms with E-state index >= 15 is 0 Å². The smallest absolute Gasteiger partial charge is 0.228 e. The second-order valence-corrected chi connectivity index (χ2v) is 8.73. The molecule has 37 heavy (non-hydrogen) atoms. The number of fused-ring (bicyclic) bond motifs is 2. The molecule has 0 saturated heterocycles. The fourth-order valence-electron chi connectivity index (χ4n) is 4.60. The van der Waals surface area contributed by atoms with Gasteiger partial charge in [0.2, 0.25) is 5.89 Å². The Labute approximate surface area is 213 Å². The molecule has 5 nitrogen and oxygen atoms in total. The number of rotatable bonds is 4. The van der Waals surface area contributed by atoms with Crippen molar-refractivity contribution in [1.29, 1.82) is 0 Å². The lowest BCUT2D eigenvalue weighted by Gasteiger charge is -2.12. The molecular formula is C32H20N4O. The average Bonchev–Trinajstić information content (AvgIpc) is 3.41. The number of para-hydroxylation sites is 2. The number of nitrogens with zero attached hydrogens (tertiary/aromatic N) is 4. The molecule has 0 fully saturated rings. The highest BCUT2D eigenvalue weighted by atomic mass is 16.3. The van der Waals surface area contributed by atoms with Crippen LogP contribution >= 0.6 is 0 Å². The normalized spacial score (nSPS) is 11.2. The van der Waals surface area contributed by atoms with E-state index in [0.29, 0.717) is 23.4 Å². The van der Waals surface area contributed by atoms with Crippen molar-refractivity contribution in [1.82, 2.24) is 19.9 Å². The number of hydrogen-bond donors (Lipinski definition) is 0. The Morgan fingerprint density at radius 1 is 0.459 bits per heavy atom. The quantitative estimate of drug-likeness (QED) is 0.259. The van der Waals surface area contributed by atoms with E-state index in [0.717, 1.165) is 44.1 Å². The standard InChI is InChI=1S/C32H20N4O/c1-3-12-22(13-4-1)29-34-30(23-14-5-2-6-15-23)36-31(35-29)25-20-19-21-11-7-8-16-24(21)28(25)32-33-26-17-9-10-18-27(26)37-32/h1-20H. The topological polar surface area (TPSA) is 64.7 Å². The van der Waals surface area contributed by atoms with E-state index in [1.165, 1.54) is 0 Å². The zero-order valence-electron chi connectivity index (χ0n) is 19.7. The molecule has 0 aliphatic rings. The number of oxazole rings is 1. The van der Waals surface area contributed by atoms with Crippen molar-refractivity contribution >= 4 is 21.9 Å². The molecule has 0 unspecified atom stereocenters. The van der Waals surface area contributed by atoms with E-state index < -0.39 is 0 Å². The molecule has 0 radical (unpaired) electrons. The highest BCUT2D eigenvalue weighted by Crippen LogP contribution is 2.38. The minimum Gasteiger partial charge on any atom is -0.436 e. The highest BCUT2D eigenvalue weighted by Gasteiger charge is 2.21. The first-order valence-corrected chi connectivity index (χ1v) is 12.1. The van der Waals surface area contributed by atoms with Crippen LogP contribution in [-0.2, 0) is 0 Å². The summed E-state index contributed by atoms with van der Waals surface area (Å²) in [5, 5.41) is 2.11. The van der Waals surface area contributed by atoms with Gasteiger partial charge < -0.3 is 4.42 Å². The summed E-state index contributed by atoms with van der Waals surface area (Å²) in [5.74, 6) is 2.33. The first-order chi connectivity index (χ1) is 18.3. The van der Waals surface area contributed by atoms with Crippen LogP contribution in [0.1, 0.15) is 0 Å². The van der Waals surface area contributed by atoms with E-state index in [2.05, 4.69) is 18.2 Å². The third kappa shape index (κ3) is 3.83. The Morgan fingerprint density at radius 2 is 1.05 bits per heavy atom. The van der Waals surface area contributed by atoms with Gasteiger partial charge in [-0.1, -0.05) is 103 Å². The molecule has 0 amide bonds. The van der Waals surface area contributed by atoms with E-state index in [-0.39, 0.29) is 0 Å². The SMILES string of the molecule is c1ccc(-c2nc(-c3ccccc3)nc(-c3ccc4ccccc4c3-c3nc4ccccc4o3)n2)cc1. The van der Waals surface area contributed by atoms with Crippen LogP contribution in [0.2, 0.25) is 0 Å². The molecule has 0 bridgehead atoms. The van der Waals surface area contributed by atoms with Crippen LogP contribution in [-0.4, -0.2) is 19.9 Å². The van der Waals surface area contributed by atoms with Crippen LogP contribution in [0.15, 0.2) is 126 Å². The monoisotopic (exact) mass is 476 g/mol. The molecule has 2 heterocycles. The van der Waals surface area contributed by atoms with Crippen molar-refractivity contribution in [2.75, 3.05) is 0 Å². The van der Waals surface area contributed by atoms with Gasteiger partial charge in [-0.2, -0.15) is 0 Å². The van der Waals surface area contributed by atoms with Gasteiger partial charge in [-0.3, -0.25) is 0 Å². The van der Waals surface area contributed by atoms with Crippen LogP contribution in [0.4, 0.5) is 0 Å². The fraction of sp³-hybridized carbons (Fsp3) is 0. The lowest BCUT2D eigenvalue weighted by molar-refractivity contribution is 0.621. The highest BCUT2D eigenvalue weighted by molar-refractivity contribution is 6.02.